The fourth-order valence-corrected chi connectivity index (χ4v) is 2.09. The summed E-state index contributed by atoms with van der Waals surface area (Å²) in [7, 11) is 1.99. The van der Waals surface area contributed by atoms with Crippen molar-refractivity contribution in [2.75, 3.05) is 0 Å². The van der Waals surface area contributed by atoms with Crippen LogP contribution in [0.15, 0.2) is 36.7 Å². The highest BCUT2D eigenvalue weighted by Crippen LogP contribution is 2.24. The summed E-state index contributed by atoms with van der Waals surface area (Å²) in [5.41, 5.74) is 4.03. The molecule has 0 saturated heterocycles. The summed E-state index contributed by atoms with van der Waals surface area (Å²) in [6.45, 7) is 1.99. The molecule has 0 aliphatic rings. The Kier molecular flexibility index (Phi) is 2.56. The van der Waals surface area contributed by atoms with Crippen molar-refractivity contribution in [3.05, 3.63) is 47.2 Å². The van der Waals surface area contributed by atoms with E-state index in [0.29, 0.717) is 0 Å². The lowest BCUT2D eigenvalue weighted by atomic mass is 10.2. The van der Waals surface area contributed by atoms with Gasteiger partial charge in [-0.15, -0.1) is 0 Å². The van der Waals surface area contributed by atoms with Crippen molar-refractivity contribution < 1.29 is 4.57 Å². The van der Waals surface area contributed by atoms with Gasteiger partial charge in [-0.05, 0) is 24.6 Å². The predicted octanol–water partition coefficient (Wildman–Crippen LogP) is 3.02. The molecule has 3 nitrogen and oxygen atoms in total. The number of imidazole rings is 1. The van der Waals surface area contributed by atoms with E-state index in [-0.39, 0.29) is 0 Å². The van der Waals surface area contributed by atoms with Crippen LogP contribution in [0.25, 0.3) is 22.4 Å². The van der Waals surface area contributed by atoms with E-state index in [9.17, 15) is 0 Å². The van der Waals surface area contributed by atoms with E-state index in [1.54, 1.807) is 0 Å². The number of hydrogen-bond donors (Lipinski definition) is 1. The van der Waals surface area contributed by atoms with Gasteiger partial charge in [0.05, 0.1) is 11.0 Å². The van der Waals surface area contributed by atoms with Gasteiger partial charge in [0.2, 0.25) is 0 Å². The van der Waals surface area contributed by atoms with E-state index in [0.717, 1.165) is 33.0 Å². The van der Waals surface area contributed by atoms with Crippen molar-refractivity contribution in [2.45, 2.75) is 6.92 Å². The van der Waals surface area contributed by atoms with Crippen LogP contribution in [-0.4, -0.2) is 9.97 Å². The number of aromatic nitrogens is 3. The van der Waals surface area contributed by atoms with Crippen LogP contribution in [0.5, 0.6) is 0 Å². The van der Waals surface area contributed by atoms with Crippen LogP contribution < -0.4 is 4.57 Å². The number of H-pyrrole nitrogens is 1. The van der Waals surface area contributed by atoms with Gasteiger partial charge in [-0.25, -0.2) is 9.55 Å². The molecule has 0 radical (unpaired) electrons. The maximum absolute atomic E-state index is 6.11. The summed E-state index contributed by atoms with van der Waals surface area (Å²) in [4.78, 5) is 7.89. The van der Waals surface area contributed by atoms with Crippen molar-refractivity contribution in [3.8, 4) is 11.4 Å². The second-order valence-corrected chi connectivity index (χ2v) is 4.86. The van der Waals surface area contributed by atoms with E-state index in [1.807, 2.05) is 55.2 Å². The minimum Gasteiger partial charge on any atom is -0.338 e. The lowest BCUT2D eigenvalue weighted by Gasteiger charge is -1.95. The standard InChI is InChI=1S/C14H12ClN3/c1-9-7-12-13(8-11(9)15)17-14(16-12)10-3-5-18(2)6-4-10/h3-8H,1-2H3/p+1. The second-order valence-electron chi connectivity index (χ2n) is 4.46. The van der Waals surface area contributed by atoms with Crippen LogP contribution in [0, 0.1) is 6.92 Å². The number of nitrogens with one attached hydrogen (secondary N) is 1. The van der Waals surface area contributed by atoms with Crippen molar-refractivity contribution in [1.29, 1.82) is 0 Å². The number of nitrogens with zero attached hydrogens (tertiary/aromatic N) is 2. The van der Waals surface area contributed by atoms with Crippen LogP contribution in [-0.2, 0) is 7.05 Å². The molecular formula is C14H13ClN3+. The Bertz CT molecular complexity index is 675. The summed E-state index contributed by atoms with van der Waals surface area (Å²) < 4.78 is 1.99. The number of pyridine rings is 1. The topological polar surface area (TPSA) is 32.6 Å². The third-order valence-electron chi connectivity index (χ3n) is 3.01. The number of aromatic amines is 1. The van der Waals surface area contributed by atoms with Gasteiger partial charge in [0.25, 0.3) is 0 Å². The maximum atomic E-state index is 6.11. The predicted molar refractivity (Wildman–Crippen MR) is 72.5 cm³/mol. The number of benzene rings is 1. The van der Waals surface area contributed by atoms with E-state index >= 15 is 0 Å². The number of halogens is 1. The molecule has 1 N–H and O–H groups in total. The van der Waals surface area contributed by atoms with Gasteiger partial charge in [0, 0.05) is 22.7 Å². The Hall–Kier alpha value is -1.87. The first-order valence-electron chi connectivity index (χ1n) is 5.75. The fourth-order valence-electron chi connectivity index (χ4n) is 1.94. The molecule has 2 heterocycles. The average molecular weight is 259 g/mol. The molecule has 90 valence electrons. The molecule has 1 aromatic carbocycles. The molecule has 0 bridgehead atoms. The molecule has 18 heavy (non-hydrogen) atoms. The van der Waals surface area contributed by atoms with Gasteiger partial charge in [-0.3, -0.25) is 0 Å². The van der Waals surface area contributed by atoms with E-state index < -0.39 is 0 Å². The molecule has 0 amide bonds. The Balaban J connectivity index is 2.16. The Morgan fingerprint density at radius 2 is 1.94 bits per heavy atom. The molecule has 3 aromatic rings. The zero-order valence-electron chi connectivity index (χ0n) is 10.2. The van der Waals surface area contributed by atoms with E-state index in [2.05, 4.69) is 9.97 Å². The number of aryl methyl sites for hydroxylation is 2. The Morgan fingerprint density at radius 1 is 1.22 bits per heavy atom. The first kappa shape index (κ1) is 11.2. The van der Waals surface area contributed by atoms with Gasteiger partial charge in [0.15, 0.2) is 12.4 Å². The zero-order valence-corrected chi connectivity index (χ0v) is 11.0. The molecule has 0 unspecified atom stereocenters. The van der Waals surface area contributed by atoms with Crippen LogP contribution in [0.3, 0.4) is 0 Å². The normalized spacial score (nSPS) is 11.1. The Labute approximate surface area is 110 Å². The molecule has 2 aromatic heterocycles. The quantitative estimate of drug-likeness (QED) is 0.669. The third kappa shape index (κ3) is 1.87. The highest BCUT2D eigenvalue weighted by molar-refractivity contribution is 6.32. The van der Waals surface area contributed by atoms with Crippen LogP contribution >= 0.6 is 11.6 Å². The van der Waals surface area contributed by atoms with Gasteiger partial charge in [-0.1, -0.05) is 11.6 Å². The summed E-state index contributed by atoms with van der Waals surface area (Å²) in [5, 5.41) is 0.750. The first-order chi connectivity index (χ1) is 8.63. The highest BCUT2D eigenvalue weighted by Gasteiger charge is 2.08. The van der Waals surface area contributed by atoms with Crippen LogP contribution in [0.2, 0.25) is 5.02 Å². The van der Waals surface area contributed by atoms with E-state index in [1.165, 1.54) is 0 Å². The lowest BCUT2D eigenvalue weighted by molar-refractivity contribution is -0.671. The van der Waals surface area contributed by atoms with Gasteiger partial charge >= 0.3 is 0 Å². The molecule has 0 spiro atoms. The van der Waals surface area contributed by atoms with Crippen molar-refractivity contribution >= 4 is 22.6 Å². The lowest BCUT2D eigenvalue weighted by Crippen LogP contribution is -2.25. The van der Waals surface area contributed by atoms with Crippen molar-refractivity contribution in [2.24, 2.45) is 7.05 Å². The summed E-state index contributed by atoms with van der Waals surface area (Å²) >= 11 is 6.11. The van der Waals surface area contributed by atoms with Crippen molar-refractivity contribution in [1.82, 2.24) is 9.97 Å². The zero-order chi connectivity index (χ0) is 12.7. The second kappa shape index (κ2) is 4.10. The summed E-state index contributed by atoms with van der Waals surface area (Å²) in [6, 6.07) is 7.99. The summed E-state index contributed by atoms with van der Waals surface area (Å²) in [5.74, 6) is 0.868. The fraction of sp³-hybridized carbons (Fsp3) is 0.143. The number of fused-ring (bicyclic) bond motifs is 1. The van der Waals surface area contributed by atoms with Crippen molar-refractivity contribution in [3.63, 3.8) is 0 Å². The van der Waals surface area contributed by atoms with Gasteiger partial charge in [-0.2, -0.15) is 0 Å². The highest BCUT2D eigenvalue weighted by atomic mass is 35.5. The Morgan fingerprint density at radius 3 is 2.67 bits per heavy atom. The molecule has 0 aliphatic carbocycles. The largest absolute Gasteiger partial charge is 0.338 e. The molecule has 3 rings (SSSR count). The summed E-state index contributed by atoms with van der Waals surface area (Å²) in [6.07, 6.45) is 4.00. The monoisotopic (exact) mass is 258 g/mol. The maximum Gasteiger partial charge on any atom is 0.169 e. The SMILES string of the molecule is Cc1cc2[nH]c(-c3cc[n+](C)cc3)nc2cc1Cl. The van der Waals surface area contributed by atoms with E-state index in [4.69, 9.17) is 11.6 Å². The average Bonchev–Trinajstić information content (AvgIpc) is 2.73. The van der Waals surface area contributed by atoms with Crippen LogP contribution in [0.4, 0.5) is 0 Å². The minimum atomic E-state index is 0.750. The van der Waals surface area contributed by atoms with Gasteiger partial charge < -0.3 is 4.98 Å². The molecule has 0 atom stereocenters. The number of rotatable bonds is 1. The molecule has 0 saturated carbocycles. The molecule has 4 heteroatoms. The molecular weight excluding hydrogens is 246 g/mol. The smallest absolute Gasteiger partial charge is 0.169 e. The third-order valence-corrected chi connectivity index (χ3v) is 3.42. The molecule has 0 fully saturated rings. The molecule has 0 aliphatic heterocycles. The number of hydrogen-bond acceptors (Lipinski definition) is 1. The first-order valence-corrected chi connectivity index (χ1v) is 6.13. The minimum absolute atomic E-state index is 0.750. The van der Waals surface area contributed by atoms with Crippen LogP contribution in [0.1, 0.15) is 5.56 Å². The van der Waals surface area contributed by atoms with Gasteiger partial charge in [0.1, 0.15) is 12.9 Å².